The number of hydrogen-bond acceptors (Lipinski definition) is 8. The summed E-state index contributed by atoms with van der Waals surface area (Å²) in [6.07, 6.45) is 3.43. The van der Waals surface area contributed by atoms with Gasteiger partial charge in [-0.25, -0.2) is 0 Å². The molecule has 2 aromatic carbocycles. The predicted molar refractivity (Wildman–Crippen MR) is 176 cm³/mol. The molecule has 11 heteroatoms. The van der Waals surface area contributed by atoms with E-state index in [1.165, 1.54) is 17.2 Å². The molecule has 4 rings (SSSR count). The molecule has 2 heterocycles. The minimum atomic E-state index is -0.225. The summed E-state index contributed by atoms with van der Waals surface area (Å²) in [4.78, 5) is 28.7. The number of anilines is 1. The molecule has 1 aromatic heterocycles. The van der Waals surface area contributed by atoms with Crippen molar-refractivity contribution in [3.8, 4) is 5.75 Å². The standard InChI is InChI=1S/C34H47N5O6/c1-6-32(40)35-14-15-43-16-17-44-18-19-45-24-33(41)36-29-12-9-11-26-27(21-38(4)34(26)29)28-22-39(23-30(28)37(2)3)20-25-10-7-8-13-31(25)42-5/h6-13,21,28,30H,1,14-20,22-24H2,2-5H3,(H,35,40)(H,36,41)/t28-,30+/m1/s1. The third-order valence-corrected chi connectivity index (χ3v) is 8.03. The van der Waals surface area contributed by atoms with Gasteiger partial charge in [0.15, 0.2) is 0 Å². The minimum absolute atomic E-state index is 0.0697. The number of fused-ring (bicyclic) bond motifs is 1. The van der Waals surface area contributed by atoms with Crippen LogP contribution in [0.1, 0.15) is 17.0 Å². The molecular formula is C34H47N5O6. The number of carbonyl (C=O) groups excluding carboxylic acids is 2. The van der Waals surface area contributed by atoms with Crippen LogP contribution in [-0.2, 0) is 37.4 Å². The number of likely N-dealkylation sites (N-methyl/N-ethyl adjacent to an activating group) is 1. The number of carbonyl (C=O) groups is 2. The van der Waals surface area contributed by atoms with Crippen LogP contribution in [0.2, 0.25) is 0 Å². The molecule has 11 nitrogen and oxygen atoms in total. The molecule has 0 unspecified atom stereocenters. The Bertz CT molecular complexity index is 1420. The van der Waals surface area contributed by atoms with E-state index in [1.54, 1.807) is 7.11 Å². The molecule has 1 saturated heterocycles. The van der Waals surface area contributed by atoms with Crippen molar-refractivity contribution in [3.63, 3.8) is 0 Å². The maximum atomic E-state index is 12.8. The summed E-state index contributed by atoms with van der Waals surface area (Å²) in [6, 6.07) is 14.6. The Labute approximate surface area is 266 Å². The summed E-state index contributed by atoms with van der Waals surface area (Å²) in [5.41, 5.74) is 4.22. The fraction of sp³-hybridized carbons (Fsp3) is 0.471. The van der Waals surface area contributed by atoms with Gasteiger partial charge in [0.25, 0.3) is 0 Å². The highest BCUT2D eigenvalue weighted by Gasteiger charge is 2.37. The Kier molecular flexibility index (Phi) is 13.0. The molecular weight excluding hydrogens is 574 g/mol. The summed E-state index contributed by atoms with van der Waals surface area (Å²) in [6.45, 7) is 8.29. The number of nitrogens with one attached hydrogen (secondary N) is 2. The van der Waals surface area contributed by atoms with Crippen molar-refractivity contribution in [2.75, 3.05) is 85.8 Å². The Morgan fingerprint density at radius 1 is 1.00 bits per heavy atom. The summed E-state index contributed by atoms with van der Waals surface area (Å²) in [5.74, 6) is 0.774. The second kappa shape index (κ2) is 17.1. The van der Waals surface area contributed by atoms with Crippen LogP contribution in [0.3, 0.4) is 0 Å². The van der Waals surface area contributed by atoms with E-state index in [9.17, 15) is 9.59 Å². The van der Waals surface area contributed by atoms with E-state index in [1.807, 2.05) is 31.3 Å². The molecule has 2 N–H and O–H groups in total. The van der Waals surface area contributed by atoms with Crippen LogP contribution >= 0.6 is 0 Å². The van der Waals surface area contributed by atoms with Crippen LogP contribution in [-0.4, -0.2) is 113 Å². The van der Waals surface area contributed by atoms with Gasteiger partial charge in [0.1, 0.15) is 12.4 Å². The van der Waals surface area contributed by atoms with Crippen LogP contribution in [0.15, 0.2) is 61.3 Å². The maximum Gasteiger partial charge on any atom is 0.250 e. The summed E-state index contributed by atoms with van der Waals surface area (Å²) in [7, 11) is 8.05. The van der Waals surface area contributed by atoms with E-state index in [-0.39, 0.29) is 18.4 Å². The Morgan fingerprint density at radius 2 is 1.73 bits per heavy atom. The summed E-state index contributed by atoms with van der Waals surface area (Å²) >= 11 is 0. The van der Waals surface area contributed by atoms with Gasteiger partial charge >= 0.3 is 0 Å². The summed E-state index contributed by atoms with van der Waals surface area (Å²) in [5, 5.41) is 6.82. The monoisotopic (exact) mass is 621 g/mol. The van der Waals surface area contributed by atoms with Gasteiger partial charge in [-0.15, -0.1) is 0 Å². The lowest BCUT2D eigenvalue weighted by molar-refractivity contribution is -0.121. The highest BCUT2D eigenvalue weighted by atomic mass is 16.5. The van der Waals surface area contributed by atoms with Crippen molar-refractivity contribution in [1.29, 1.82) is 0 Å². The zero-order chi connectivity index (χ0) is 32.2. The zero-order valence-electron chi connectivity index (χ0n) is 26.9. The number of hydrogen-bond donors (Lipinski definition) is 2. The Hall–Kier alpha value is -3.74. The second-order valence-electron chi connectivity index (χ2n) is 11.4. The van der Waals surface area contributed by atoms with Crippen LogP contribution in [0, 0.1) is 0 Å². The largest absolute Gasteiger partial charge is 0.496 e. The second-order valence-corrected chi connectivity index (χ2v) is 11.4. The lowest BCUT2D eigenvalue weighted by Gasteiger charge is -2.25. The number of ether oxygens (including phenoxy) is 4. The topological polar surface area (TPSA) is 107 Å². The van der Waals surface area contributed by atoms with Crippen molar-refractivity contribution >= 4 is 28.4 Å². The molecule has 0 radical (unpaired) electrons. The molecule has 45 heavy (non-hydrogen) atoms. The highest BCUT2D eigenvalue weighted by Crippen LogP contribution is 2.38. The molecule has 244 valence electrons. The van der Waals surface area contributed by atoms with Crippen LogP contribution in [0.25, 0.3) is 10.9 Å². The van der Waals surface area contributed by atoms with Crippen molar-refractivity contribution in [3.05, 3.63) is 72.4 Å². The first-order valence-corrected chi connectivity index (χ1v) is 15.3. The molecule has 3 aromatic rings. The van der Waals surface area contributed by atoms with Crippen molar-refractivity contribution in [1.82, 2.24) is 19.7 Å². The van der Waals surface area contributed by atoms with Gasteiger partial charge in [-0.2, -0.15) is 0 Å². The van der Waals surface area contributed by atoms with Gasteiger partial charge in [0, 0.05) is 62.3 Å². The molecule has 0 saturated carbocycles. The summed E-state index contributed by atoms with van der Waals surface area (Å²) < 4.78 is 24.1. The van der Waals surface area contributed by atoms with E-state index in [0.717, 1.165) is 42.0 Å². The molecule has 1 fully saturated rings. The first-order chi connectivity index (χ1) is 21.8. The number of nitrogens with zero attached hydrogens (tertiary/aromatic N) is 3. The number of likely N-dealkylation sites (tertiary alicyclic amines) is 1. The smallest absolute Gasteiger partial charge is 0.250 e. The molecule has 1 aliphatic heterocycles. The number of rotatable bonds is 18. The molecule has 0 aliphatic carbocycles. The van der Waals surface area contributed by atoms with Gasteiger partial charge in [-0.05, 0) is 37.9 Å². The van der Waals surface area contributed by atoms with Crippen molar-refractivity contribution in [2.45, 2.75) is 18.5 Å². The number of benzene rings is 2. The number of methoxy groups -OCH3 is 1. The van der Waals surface area contributed by atoms with Gasteiger partial charge in [-0.1, -0.05) is 36.9 Å². The Morgan fingerprint density at radius 3 is 2.47 bits per heavy atom. The third-order valence-electron chi connectivity index (χ3n) is 8.03. The van der Waals surface area contributed by atoms with Gasteiger partial charge < -0.3 is 39.0 Å². The van der Waals surface area contributed by atoms with E-state index in [0.29, 0.717) is 51.5 Å². The number of aromatic nitrogens is 1. The zero-order valence-corrected chi connectivity index (χ0v) is 26.9. The third kappa shape index (κ3) is 9.38. The molecule has 2 atom stereocenters. The van der Waals surface area contributed by atoms with Gasteiger partial charge in [0.05, 0.1) is 51.3 Å². The Balaban J connectivity index is 1.29. The minimum Gasteiger partial charge on any atom is -0.496 e. The quantitative estimate of drug-likeness (QED) is 0.165. The molecule has 2 amide bonds. The number of aryl methyl sites for hydroxylation is 1. The van der Waals surface area contributed by atoms with Crippen LogP contribution in [0.4, 0.5) is 5.69 Å². The van der Waals surface area contributed by atoms with Crippen molar-refractivity contribution in [2.24, 2.45) is 7.05 Å². The van der Waals surface area contributed by atoms with Crippen LogP contribution < -0.4 is 15.4 Å². The van der Waals surface area contributed by atoms with Gasteiger partial charge in [0.2, 0.25) is 11.8 Å². The first-order valence-electron chi connectivity index (χ1n) is 15.3. The fourth-order valence-electron chi connectivity index (χ4n) is 5.90. The predicted octanol–water partition coefficient (Wildman–Crippen LogP) is 3.01. The molecule has 1 aliphatic rings. The molecule has 0 bridgehead atoms. The normalized spacial score (nSPS) is 16.7. The highest BCUT2D eigenvalue weighted by molar-refractivity contribution is 6.02. The number of amides is 2. The van der Waals surface area contributed by atoms with Gasteiger partial charge in [-0.3, -0.25) is 14.5 Å². The maximum absolute atomic E-state index is 12.8. The van der Waals surface area contributed by atoms with E-state index in [2.05, 4.69) is 70.1 Å². The van der Waals surface area contributed by atoms with E-state index >= 15 is 0 Å². The lowest BCUT2D eigenvalue weighted by Crippen LogP contribution is -2.34. The van der Waals surface area contributed by atoms with E-state index in [4.69, 9.17) is 18.9 Å². The van der Waals surface area contributed by atoms with E-state index < -0.39 is 0 Å². The lowest BCUT2D eigenvalue weighted by atomic mass is 9.93. The average molecular weight is 622 g/mol. The first kappa shape index (κ1) is 34.1. The van der Waals surface area contributed by atoms with Crippen LogP contribution in [0.5, 0.6) is 5.75 Å². The number of para-hydroxylation sites is 2. The molecule has 0 spiro atoms. The fourth-order valence-corrected chi connectivity index (χ4v) is 5.90. The van der Waals surface area contributed by atoms with Crippen molar-refractivity contribution < 1.29 is 28.5 Å². The SMILES string of the molecule is C=CC(=O)NCCOCCOCCOCC(=O)Nc1cccc2c([C@H]3CN(Cc4ccccc4OC)C[C@@H]3N(C)C)cn(C)c12. The average Bonchev–Trinajstić information content (AvgIpc) is 3.61.